The zero-order valence-electron chi connectivity index (χ0n) is 25.5. The number of carbonyl (C=O) groups excluding carboxylic acids is 3. The maximum absolute atomic E-state index is 13.3. The van der Waals surface area contributed by atoms with Crippen molar-refractivity contribution in [3.63, 3.8) is 0 Å². The zero-order chi connectivity index (χ0) is 31.4. The first-order valence-corrected chi connectivity index (χ1v) is 15.4. The first-order valence-electron chi connectivity index (χ1n) is 14.4. The Morgan fingerprint density at radius 2 is 1.55 bits per heavy atom. The third kappa shape index (κ3) is 10.5. The van der Waals surface area contributed by atoms with E-state index in [0.717, 1.165) is 40.8 Å². The lowest BCUT2D eigenvalue weighted by atomic mass is 10.0. The van der Waals surface area contributed by atoms with E-state index >= 15 is 0 Å². The molecular formula is C32H41BrN4O6S. The number of alkyl carbamates (subject to hydrolysis) is 1. The van der Waals surface area contributed by atoms with Crippen LogP contribution in [0.2, 0.25) is 0 Å². The highest BCUT2D eigenvalue weighted by molar-refractivity contribution is 7.99. The van der Waals surface area contributed by atoms with E-state index in [1.165, 1.54) is 11.8 Å². The minimum atomic E-state index is -1.30. The Morgan fingerprint density at radius 3 is 2.11 bits per heavy atom. The van der Waals surface area contributed by atoms with Crippen LogP contribution in [-0.4, -0.2) is 51.3 Å². The van der Waals surface area contributed by atoms with Crippen molar-refractivity contribution in [3.8, 4) is 0 Å². The van der Waals surface area contributed by atoms with E-state index in [4.69, 9.17) is 4.74 Å². The Balaban J connectivity index is 0.00000675. The number of carbonyl (C=O) groups is 4. The van der Waals surface area contributed by atoms with E-state index in [0.29, 0.717) is 0 Å². The number of benzene rings is 2. The molecule has 0 saturated carbocycles. The number of halogens is 1. The number of carboxylic acids is 1. The highest BCUT2D eigenvalue weighted by Crippen LogP contribution is 2.20. The van der Waals surface area contributed by atoms with E-state index in [1.54, 1.807) is 0 Å². The number of Topliss-reactive ketones (excluding diaryl/α,β-unsaturated/α-hetero) is 1. The van der Waals surface area contributed by atoms with Crippen LogP contribution >= 0.6 is 11.8 Å². The van der Waals surface area contributed by atoms with Gasteiger partial charge >= 0.3 is 17.2 Å². The van der Waals surface area contributed by atoms with Crippen LogP contribution in [-0.2, 0) is 45.2 Å². The van der Waals surface area contributed by atoms with Crippen LogP contribution in [0.5, 0.6) is 0 Å². The summed E-state index contributed by atoms with van der Waals surface area (Å²) in [6, 6.07) is 15.8. The summed E-state index contributed by atoms with van der Waals surface area (Å²) in [5.41, 5.74) is 3.86. The number of hydrogen-bond acceptors (Lipinski definition) is 6. The normalized spacial score (nSPS) is 12.0. The summed E-state index contributed by atoms with van der Waals surface area (Å²) in [4.78, 5) is 50.7. The molecule has 238 valence electrons. The predicted molar refractivity (Wildman–Crippen MR) is 164 cm³/mol. The van der Waals surface area contributed by atoms with Crippen molar-refractivity contribution >= 4 is 35.5 Å². The van der Waals surface area contributed by atoms with E-state index in [-0.39, 0.29) is 54.4 Å². The highest BCUT2D eigenvalue weighted by Gasteiger charge is 2.29. The number of ether oxygens (including phenoxy) is 1. The molecule has 0 radical (unpaired) electrons. The van der Waals surface area contributed by atoms with Crippen LogP contribution in [0, 0.1) is 13.8 Å². The van der Waals surface area contributed by atoms with Crippen LogP contribution in [0.3, 0.4) is 0 Å². The van der Waals surface area contributed by atoms with Gasteiger partial charge in [-0.25, -0.2) is 18.7 Å². The average molecular weight is 690 g/mol. The molecule has 10 nitrogen and oxygen atoms in total. The molecule has 2 amide bonds. The van der Waals surface area contributed by atoms with Crippen LogP contribution in [0.1, 0.15) is 49.2 Å². The summed E-state index contributed by atoms with van der Waals surface area (Å²) in [5.74, 6) is -1.86. The van der Waals surface area contributed by atoms with Gasteiger partial charge in [0.1, 0.15) is 35.9 Å². The number of imidazole rings is 1. The number of carboxylic acid groups (broad SMARTS) is 1. The first kappa shape index (κ1) is 36.6. The molecule has 3 aromatic rings. The van der Waals surface area contributed by atoms with Gasteiger partial charge in [-0.3, -0.25) is 9.59 Å². The molecule has 1 heterocycles. The molecule has 0 aliphatic heterocycles. The second-order valence-electron chi connectivity index (χ2n) is 10.2. The van der Waals surface area contributed by atoms with Crippen molar-refractivity contribution in [2.45, 2.75) is 83.9 Å². The summed E-state index contributed by atoms with van der Waals surface area (Å²) in [6.45, 7) is 9.80. The van der Waals surface area contributed by atoms with Crippen molar-refractivity contribution in [1.82, 2.24) is 15.2 Å². The minimum absolute atomic E-state index is 0. The second-order valence-corrected chi connectivity index (χ2v) is 11.1. The fourth-order valence-corrected chi connectivity index (χ4v) is 6.02. The van der Waals surface area contributed by atoms with E-state index in [9.17, 15) is 24.3 Å². The van der Waals surface area contributed by atoms with Crippen molar-refractivity contribution in [2.75, 3.05) is 5.75 Å². The molecule has 0 saturated heterocycles. The smallest absolute Gasteiger partial charge is 0.408 e. The Kier molecular flexibility index (Phi) is 15.1. The number of ketones is 1. The Hall–Kier alpha value is -3.64. The van der Waals surface area contributed by atoms with Gasteiger partial charge in [0.05, 0.1) is 18.8 Å². The number of amides is 2. The molecule has 2 atom stereocenters. The van der Waals surface area contributed by atoms with Gasteiger partial charge in [0, 0.05) is 26.7 Å². The second kappa shape index (κ2) is 18.2. The monoisotopic (exact) mass is 688 g/mol. The fourth-order valence-electron chi connectivity index (χ4n) is 4.74. The molecule has 1 aromatic heterocycles. The number of aliphatic carboxylic acids is 1. The molecule has 3 N–H and O–H groups in total. The largest absolute Gasteiger partial charge is 1.00 e. The Morgan fingerprint density at radius 1 is 0.932 bits per heavy atom. The maximum Gasteiger partial charge on any atom is 0.408 e. The van der Waals surface area contributed by atoms with Crippen molar-refractivity contribution < 1.29 is 50.6 Å². The third-order valence-electron chi connectivity index (χ3n) is 7.22. The molecule has 0 fully saturated rings. The van der Waals surface area contributed by atoms with Crippen LogP contribution in [0.4, 0.5) is 4.79 Å². The molecule has 2 aromatic carbocycles. The van der Waals surface area contributed by atoms with Crippen molar-refractivity contribution in [2.24, 2.45) is 0 Å². The summed E-state index contributed by atoms with van der Waals surface area (Å²) in [6.07, 6.45) is -0.762. The summed E-state index contributed by atoms with van der Waals surface area (Å²) < 4.78 is 9.62. The average Bonchev–Trinajstić information content (AvgIpc) is 3.24. The molecule has 12 heteroatoms. The van der Waals surface area contributed by atoms with Gasteiger partial charge in [-0.05, 0) is 43.2 Å². The zero-order valence-corrected chi connectivity index (χ0v) is 27.9. The van der Waals surface area contributed by atoms with Crippen LogP contribution in [0.15, 0.2) is 65.8 Å². The molecule has 0 aliphatic rings. The maximum atomic E-state index is 13.3. The topological polar surface area (TPSA) is 131 Å². The molecule has 0 unspecified atom stereocenters. The lowest BCUT2D eigenvalue weighted by Gasteiger charge is -2.21. The fraction of sp³-hybridized carbons (Fsp3) is 0.406. The third-order valence-corrected chi connectivity index (χ3v) is 8.39. The molecule has 0 spiro atoms. The summed E-state index contributed by atoms with van der Waals surface area (Å²) in [5, 5.41) is 15.9. The number of aromatic nitrogens is 2. The summed E-state index contributed by atoms with van der Waals surface area (Å²) in [7, 11) is 0. The van der Waals surface area contributed by atoms with Gasteiger partial charge < -0.3 is 37.5 Å². The van der Waals surface area contributed by atoms with Gasteiger partial charge in [-0.2, -0.15) is 0 Å². The Labute approximate surface area is 273 Å². The van der Waals surface area contributed by atoms with Gasteiger partial charge in [-0.15, -0.1) is 0 Å². The SMILES string of the molecule is CCn1c(C)c(C)[n+](CC)c1SCC(=O)CC[C@H](NC(=O)[C@H](Cc1ccccc1)NC(=O)OCc1ccccc1)C(=O)O.[Br-]. The number of nitrogens with one attached hydrogen (secondary N) is 2. The minimum Gasteiger partial charge on any atom is -1.00 e. The summed E-state index contributed by atoms with van der Waals surface area (Å²) >= 11 is 1.44. The number of hydrogen-bond donors (Lipinski definition) is 3. The van der Waals surface area contributed by atoms with E-state index in [2.05, 4.69) is 47.5 Å². The number of rotatable bonds is 16. The lowest BCUT2D eigenvalue weighted by molar-refractivity contribution is -0.735. The highest BCUT2D eigenvalue weighted by atomic mass is 79.9. The van der Waals surface area contributed by atoms with Crippen molar-refractivity contribution in [1.29, 1.82) is 0 Å². The van der Waals surface area contributed by atoms with E-state index < -0.39 is 30.1 Å². The predicted octanol–water partition coefficient (Wildman–Crippen LogP) is 0.985. The molecule has 0 bridgehead atoms. The van der Waals surface area contributed by atoms with Gasteiger partial charge in [0.2, 0.25) is 5.91 Å². The Bertz CT molecular complexity index is 1370. The van der Waals surface area contributed by atoms with Gasteiger partial charge in [0.15, 0.2) is 0 Å². The number of nitrogens with zero attached hydrogens (tertiary/aromatic N) is 2. The molecule has 0 aliphatic carbocycles. The molecule has 3 rings (SSSR count). The van der Waals surface area contributed by atoms with Crippen molar-refractivity contribution in [3.05, 3.63) is 83.2 Å². The lowest BCUT2D eigenvalue weighted by Crippen LogP contribution is -3.00. The van der Waals surface area contributed by atoms with E-state index in [1.807, 2.05) is 60.7 Å². The van der Waals surface area contributed by atoms with Gasteiger partial charge in [0.25, 0.3) is 0 Å². The standard InChI is InChI=1S/C32H40N4O6S.BrH/c1-5-35-22(3)23(4)36(6-2)32(35)43-21-26(37)17-18-27(30(39)40)33-29(38)28(19-24-13-9-7-10-14-24)34-31(41)42-20-25-15-11-8-12-16-25;/h7-16,27-28H,5-6,17-21H2,1-4H3,(H2-,33,34,38,39,40,41);1H/t27-,28-;/m0./s1. The quantitative estimate of drug-likeness (QED) is 0.151. The first-order chi connectivity index (χ1) is 20.6. The number of thioether (sulfide) groups is 1. The van der Waals surface area contributed by atoms with Gasteiger partial charge in [-0.1, -0.05) is 60.7 Å². The van der Waals surface area contributed by atoms with Crippen LogP contribution in [0.25, 0.3) is 0 Å². The molecule has 44 heavy (non-hydrogen) atoms. The van der Waals surface area contributed by atoms with Crippen LogP contribution < -0.4 is 32.2 Å². The molecular weight excluding hydrogens is 648 g/mol.